The van der Waals surface area contributed by atoms with E-state index in [9.17, 15) is 4.79 Å². The zero-order chi connectivity index (χ0) is 21.0. The van der Waals surface area contributed by atoms with Crippen LogP contribution in [0.1, 0.15) is 48.2 Å². The van der Waals surface area contributed by atoms with Crippen LogP contribution in [0.4, 0.5) is 0 Å². The van der Waals surface area contributed by atoms with Crippen LogP contribution in [0.15, 0.2) is 60.2 Å². The van der Waals surface area contributed by atoms with Gasteiger partial charge in [-0.25, -0.2) is 0 Å². The van der Waals surface area contributed by atoms with E-state index in [1.165, 1.54) is 30.6 Å². The van der Waals surface area contributed by atoms with Gasteiger partial charge in [0.15, 0.2) is 5.78 Å². The number of ketones is 1. The monoisotopic (exact) mass is 429 g/mol. The fraction of sp³-hybridized carbons (Fsp3) is 0.280. The lowest BCUT2D eigenvalue weighted by Crippen LogP contribution is -2.19. The van der Waals surface area contributed by atoms with Crippen molar-refractivity contribution in [2.24, 2.45) is 0 Å². The summed E-state index contributed by atoms with van der Waals surface area (Å²) in [6, 6.07) is 15.6. The van der Waals surface area contributed by atoms with Crippen molar-refractivity contribution >= 4 is 27.9 Å². The second kappa shape index (κ2) is 8.94. The number of aromatic nitrogens is 3. The molecule has 2 heterocycles. The summed E-state index contributed by atoms with van der Waals surface area (Å²) in [6.07, 6.45) is 8.42. The molecule has 0 N–H and O–H groups in total. The fourth-order valence-electron chi connectivity index (χ4n) is 4.08. The van der Waals surface area contributed by atoms with Gasteiger partial charge in [-0.2, -0.15) is 0 Å². The topological polar surface area (TPSA) is 65.0 Å². The number of hydrogen-bond donors (Lipinski definition) is 0. The maximum atomic E-state index is 12.8. The summed E-state index contributed by atoms with van der Waals surface area (Å²) in [6.45, 7) is 0. The molecule has 0 radical (unpaired) electrons. The lowest BCUT2D eigenvalue weighted by molar-refractivity contribution is 0.0992. The molecule has 31 heavy (non-hydrogen) atoms. The molecule has 2 aromatic heterocycles. The van der Waals surface area contributed by atoms with E-state index in [4.69, 9.17) is 4.74 Å². The van der Waals surface area contributed by atoms with Gasteiger partial charge in [0, 0.05) is 28.4 Å². The van der Waals surface area contributed by atoms with E-state index in [2.05, 4.69) is 21.2 Å². The van der Waals surface area contributed by atoms with Crippen molar-refractivity contribution in [3.63, 3.8) is 0 Å². The van der Waals surface area contributed by atoms with Crippen LogP contribution < -0.4 is 4.74 Å². The maximum absolute atomic E-state index is 12.8. The summed E-state index contributed by atoms with van der Waals surface area (Å²) in [5.74, 6) is 0.896. The Hall–Kier alpha value is -3.12. The first-order chi connectivity index (χ1) is 15.2. The molecule has 0 saturated heterocycles. The number of ether oxygens (including phenoxy) is 1. The molecule has 1 aliphatic rings. The molecule has 156 valence electrons. The number of fused-ring (bicyclic) bond motifs is 1. The van der Waals surface area contributed by atoms with Crippen LogP contribution in [0.3, 0.4) is 0 Å². The lowest BCUT2D eigenvalue weighted by atomic mass is 9.98. The fourth-order valence-corrected chi connectivity index (χ4v) is 4.63. The van der Waals surface area contributed by atoms with Gasteiger partial charge < -0.3 is 4.74 Å². The van der Waals surface area contributed by atoms with Crippen molar-refractivity contribution in [1.82, 2.24) is 15.2 Å². The normalized spacial score (nSPS) is 14.6. The van der Waals surface area contributed by atoms with E-state index >= 15 is 0 Å². The number of pyridine rings is 1. The van der Waals surface area contributed by atoms with Crippen LogP contribution in [0.2, 0.25) is 0 Å². The Bertz CT molecular complexity index is 1180. The molecule has 6 heteroatoms. The second-order valence-corrected chi connectivity index (χ2v) is 8.82. The standard InChI is InChI=1S/C25H23N3O2S/c29-24(17-8-10-23(11-9-17)30-22-4-2-1-3-5-22)14-21-13-20-12-18(25-28-27-16-31-25)6-7-19(20)15-26-21/h6-13,15-16,22H,1-5,14H2. The molecule has 0 aliphatic heterocycles. The highest BCUT2D eigenvalue weighted by Gasteiger charge is 2.15. The zero-order valence-corrected chi connectivity index (χ0v) is 18.0. The lowest BCUT2D eigenvalue weighted by Gasteiger charge is -2.23. The third-order valence-corrected chi connectivity index (χ3v) is 6.50. The van der Waals surface area contributed by atoms with E-state index in [1.807, 2.05) is 48.7 Å². The predicted octanol–water partition coefficient (Wildman–Crippen LogP) is 5.89. The molecular formula is C25H23N3O2S. The van der Waals surface area contributed by atoms with Gasteiger partial charge in [0.1, 0.15) is 16.3 Å². The van der Waals surface area contributed by atoms with Gasteiger partial charge in [-0.1, -0.05) is 29.9 Å². The molecule has 2 aromatic carbocycles. The molecule has 5 rings (SSSR count). The molecule has 0 atom stereocenters. The zero-order valence-electron chi connectivity index (χ0n) is 17.2. The summed E-state index contributed by atoms with van der Waals surface area (Å²) >= 11 is 1.51. The van der Waals surface area contributed by atoms with Crippen LogP contribution in [0.5, 0.6) is 5.75 Å². The van der Waals surface area contributed by atoms with E-state index in [0.29, 0.717) is 11.7 Å². The van der Waals surface area contributed by atoms with Crippen molar-refractivity contribution in [1.29, 1.82) is 0 Å². The quantitative estimate of drug-likeness (QED) is 0.358. The Morgan fingerprint density at radius 3 is 2.61 bits per heavy atom. The molecule has 1 aliphatic carbocycles. The van der Waals surface area contributed by atoms with Gasteiger partial charge in [0.05, 0.1) is 12.5 Å². The first-order valence-electron chi connectivity index (χ1n) is 10.7. The van der Waals surface area contributed by atoms with E-state index in [-0.39, 0.29) is 12.2 Å². The van der Waals surface area contributed by atoms with E-state index in [0.717, 1.165) is 45.6 Å². The van der Waals surface area contributed by atoms with Crippen LogP contribution >= 0.6 is 11.3 Å². The minimum Gasteiger partial charge on any atom is -0.490 e. The summed E-state index contributed by atoms with van der Waals surface area (Å²) < 4.78 is 6.07. The summed E-state index contributed by atoms with van der Waals surface area (Å²) in [7, 11) is 0. The molecule has 0 spiro atoms. The first kappa shape index (κ1) is 19.8. The Kier molecular flexibility index (Phi) is 5.71. The van der Waals surface area contributed by atoms with Crippen molar-refractivity contribution in [2.75, 3.05) is 0 Å². The van der Waals surface area contributed by atoms with Gasteiger partial charge in [-0.05, 0) is 67.5 Å². The van der Waals surface area contributed by atoms with Crippen LogP contribution in [-0.2, 0) is 6.42 Å². The Morgan fingerprint density at radius 1 is 1.00 bits per heavy atom. The number of benzene rings is 2. The minimum atomic E-state index is 0.0522. The van der Waals surface area contributed by atoms with Gasteiger partial charge in [-0.3, -0.25) is 9.78 Å². The molecule has 5 nitrogen and oxygen atoms in total. The van der Waals surface area contributed by atoms with Crippen molar-refractivity contribution in [3.8, 4) is 16.3 Å². The molecule has 1 fully saturated rings. The predicted molar refractivity (Wildman–Crippen MR) is 123 cm³/mol. The molecule has 0 amide bonds. The largest absolute Gasteiger partial charge is 0.490 e. The Morgan fingerprint density at radius 2 is 1.84 bits per heavy atom. The molecule has 0 unspecified atom stereocenters. The Balaban J connectivity index is 1.29. The SMILES string of the molecule is O=C(Cc1cc2cc(-c3nncs3)ccc2cn1)c1ccc(OC2CCCCC2)cc1. The van der Waals surface area contributed by atoms with E-state index < -0.39 is 0 Å². The third-order valence-electron chi connectivity index (χ3n) is 5.76. The minimum absolute atomic E-state index is 0.0522. The number of Topliss-reactive ketones (excluding diaryl/α,β-unsaturated/α-hetero) is 1. The molecular weight excluding hydrogens is 406 g/mol. The average molecular weight is 430 g/mol. The average Bonchev–Trinajstić information content (AvgIpc) is 3.35. The smallest absolute Gasteiger partial charge is 0.168 e. The number of nitrogens with zero attached hydrogens (tertiary/aromatic N) is 3. The Labute approximate surface area is 185 Å². The summed E-state index contributed by atoms with van der Waals surface area (Å²) in [5, 5.41) is 11.0. The highest BCUT2D eigenvalue weighted by molar-refractivity contribution is 7.12. The second-order valence-electron chi connectivity index (χ2n) is 7.98. The highest BCUT2D eigenvalue weighted by atomic mass is 32.1. The van der Waals surface area contributed by atoms with E-state index in [1.54, 1.807) is 5.51 Å². The maximum Gasteiger partial charge on any atom is 0.168 e. The highest BCUT2D eigenvalue weighted by Crippen LogP contribution is 2.26. The number of rotatable bonds is 6. The van der Waals surface area contributed by atoms with Crippen LogP contribution in [0.25, 0.3) is 21.3 Å². The third kappa shape index (κ3) is 4.64. The number of carbonyl (C=O) groups excluding carboxylic acids is 1. The summed E-state index contributed by atoms with van der Waals surface area (Å²) in [5.41, 5.74) is 4.18. The molecule has 0 bridgehead atoms. The van der Waals surface area contributed by atoms with Gasteiger partial charge in [-0.15, -0.1) is 10.2 Å². The van der Waals surface area contributed by atoms with Crippen LogP contribution in [-0.4, -0.2) is 27.1 Å². The van der Waals surface area contributed by atoms with Crippen molar-refractivity contribution in [3.05, 3.63) is 71.5 Å². The van der Waals surface area contributed by atoms with Crippen LogP contribution in [0, 0.1) is 0 Å². The van der Waals surface area contributed by atoms with Gasteiger partial charge in [0.2, 0.25) is 0 Å². The summed E-state index contributed by atoms with van der Waals surface area (Å²) in [4.78, 5) is 17.3. The van der Waals surface area contributed by atoms with Gasteiger partial charge in [0.25, 0.3) is 0 Å². The molecule has 1 saturated carbocycles. The van der Waals surface area contributed by atoms with Crippen molar-refractivity contribution < 1.29 is 9.53 Å². The number of carbonyl (C=O) groups is 1. The first-order valence-corrected chi connectivity index (χ1v) is 11.6. The van der Waals surface area contributed by atoms with Crippen molar-refractivity contribution in [2.45, 2.75) is 44.6 Å². The van der Waals surface area contributed by atoms with Gasteiger partial charge >= 0.3 is 0 Å². The number of hydrogen-bond acceptors (Lipinski definition) is 6. The molecule has 4 aromatic rings.